The standard InChI is InChI=1S/C14H20ClNO/c1-14(2,16-7-9-17-10-8-16)13-5-3-12(11-15)4-6-13/h3-6H,7-11H2,1-2H3. The van der Waals surface area contributed by atoms with Gasteiger partial charge >= 0.3 is 0 Å². The lowest BCUT2D eigenvalue weighted by molar-refractivity contribution is -0.0118. The van der Waals surface area contributed by atoms with Crippen molar-refractivity contribution in [2.75, 3.05) is 26.3 Å². The van der Waals surface area contributed by atoms with E-state index in [1.807, 2.05) is 0 Å². The Labute approximate surface area is 109 Å². The molecule has 1 heterocycles. The monoisotopic (exact) mass is 253 g/mol. The SMILES string of the molecule is CC(C)(c1ccc(CCl)cc1)N1CCOCC1. The number of ether oxygens (including phenoxy) is 1. The lowest BCUT2D eigenvalue weighted by Crippen LogP contribution is -2.47. The van der Waals surface area contributed by atoms with Crippen molar-refractivity contribution < 1.29 is 4.74 Å². The number of alkyl halides is 1. The summed E-state index contributed by atoms with van der Waals surface area (Å²) in [6.45, 7) is 8.23. The van der Waals surface area contributed by atoms with Gasteiger partial charge in [0.2, 0.25) is 0 Å². The van der Waals surface area contributed by atoms with E-state index in [0.717, 1.165) is 26.3 Å². The molecule has 0 saturated carbocycles. The molecule has 0 atom stereocenters. The normalized spacial score (nSPS) is 18.3. The molecule has 17 heavy (non-hydrogen) atoms. The maximum Gasteiger partial charge on any atom is 0.0594 e. The van der Waals surface area contributed by atoms with Gasteiger partial charge in [0, 0.05) is 24.5 Å². The number of hydrogen-bond acceptors (Lipinski definition) is 2. The zero-order valence-corrected chi connectivity index (χ0v) is 11.3. The van der Waals surface area contributed by atoms with Crippen molar-refractivity contribution in [1.82, 2.24) is 4.90 Å². The molecule has 1 saturated heterocycles. The Hall–Kier alpha value is -0.570. The van der Waals surface area contributed by atoms with Crippen LogP contribution in [0.3, 0.4) is 0 Å². The molecule has 1 aromatic carbocycles. The lowest BCUT2D eigenvalue weighted by atomic mass is 9.91. The second-order valence-electron chi connectivity index (χ2n) is 4.99. The molecule has 0 aliphatic carbocycles. The van der Waals surface area contributed by atoms with Gasteiger partial charge in [0.05, 0.1) is 13.2 Å². The highest BCUT2D eigenvalue weighted by Crippen LogP contribution is 2.28. The van der Waals surface area contributed by atoms with Crippen LogP contribution in [0.4, 0.5) is 0 Å². The van der Waals surface area contributed by atoms with Gasteiger partial charge in [-0.3, -0.25) is 4.90 Å². The molecule has 3 heteroatoms. The van der Waals surface area contributed by atoms with Crippen molar-refractivity contribution >= 4 is 11.6 Å². The largest absolute Gasteiger partial charge is 0.379 e. The minimum absolute atomic E-state index is 0.0641. The Morgan fingerprint density at radius 2 is 1.76 bits per heavy atom. The van der Waals surface area contributed by atoms with Crippen LogP contribution in [0.2, 0.25) is 0 Å². The zero-order chi connectivity index (χ0) is 12.3. The molecule has 2 nitrogen and oxygen atoms in total. The maximum absolute atomic E-state index is 5.82. The minimum atomic E-state index is 0.0641. The topological polar surface area (TPSA) is 12.5 Å². The van der Waals surface area contributed by atoms with Gasteiger partial charge in [0.25, 0.3) is 0 Å². The quantitative estimate of drug-likeness (QED) is 0.768. The Kier molecular flexibility index (Phi) is 4.08. The molecule has 1 aliphatic heterocycles. The average molecular weight is 254 g/mol. The van der Waals surface area contributed by atoms with Crippen molar-refractivity contribution in [3.8, 4) is 0 Å². The highest BCUT2D eigenvalue weighted by atomic mass is 35.5. The van der Waals surface area contributed by atoms with Crippen molar-refractivity contribution in [2.45, 2.75) is 25.3 Å². The summed E-state index contributed by atoms with van der Waals surface area (Å²) in [4.78, 5) is 2.48. The minimum Gasteiger partial charge on any atom is -0.379 e. The molecule has 1 aliphatic rings. The lowest BCUT2D eigenvalue weighted by Gasteiger charge is -2.41. The third-order valence-electron chi connectivity index (χ3n) is 3.62. The predicted molar refractivity (Wildman–Crippen MR) is 71.4 cm³/mol. The van der Waals surface area contributed by atoms with Crippen molar-refractivity contribution in [3.05, 3.63) is 35.4 Å². The Balaban J connectivity index is 2.17. The average Bonchev–Trinajstić information content (AvgIpc) is 2.40. The van der Waals surface area contributed by atoms with Gasteiger partial charge in [-0.2, -0.15) is 0 Å². The number of nitrogens with zero attached hydrogens (tertiary/aromatic N) is 1. The van der Waals surface area contributed by atoms with E-state index in [-0.39, 0.29) is 5.54 Å². The van der Waals surface area contributed by atoms with Crippen LogP contribution in [0.5, 0.6) is 0 Å². The van der Waals surface area contributed by atoms with E-state index in [4.69, 9.17) is 16.3 Å². The van der Waals surface area contributed by atoms with Gasteiger partial charge in [-0.25, -0.2) is 0 Å². The second kappa shape index (κ2) is 5.38. The van der Waals surface area contributed by atoms with Crippen LogP contribution >= 0.6 is 11.6 Å². The molecule has 1 fully saturated rings. The first-order valence-corrected chi connectivity index (χ1v) is 6.66. The first-order chi connectivity index (χ1) is 8.14. The number of hydrogen-bond donors (Lipinski definition) is 0. The molecule has 0 spiro atoms. The molecular formula is C14H20ClNO. The van der Waals surface area contributed by atoms with Crippen molar-refractivity contribution in [1.29, 1.82) is 0 Å². The van der Waals surface area contributed by atoms with E-state index >= 15 is 0 Å². The number of morpholine rings is 1. The maximum atomic E-state index is 5.82. The Morgan fingerprint density at radius 1 is 1.18 bits per heavy atom. The van der Waals surface area contributed by atoms with Crippen LogP contribution in [-0.2, 0) is 16.2 Å². The molecular weight excluding hydrogens is 234 g/mol. The van der Waals surface area contributed by atoms with Crippen LogP contribution in [0.1, 0.15) is 25.0 Å². The molecule has 2 rings (SSSR count). The summed E-state index contributed by atoms with van der Waals surface area (Å²) >= 11 is 5.82. The van der Waals surface area contributed by atoms with Crippen LogP contribution in [0, 0.1) is 0 Å². The van der Waals surface area contributed by atoms with Gasteiger partial charge in [0.15, 0.2) is 0 Å². The van der Waals surface area contributed by atoms with Gasteiger partial charge in [-0.05, 0) is 25.0 Å². The molecule has 1 aromatic rings. The van der Waals surface area contributed by atoms with Crippen LogP contribution in [0.25, 0.3) is 0 Å². The van der Waals surface area contributed by atoms with Gasteiger partial charge in [0.1, 0.15) is 0 Å². The highest BCUT2D eigenvalue weighted by Gasteiger charge is 2.29. The summed E-state index contributed by atoms with van der Waals surface area (Å²) in [7, 11) is 0. The number of halogens is 1. The van der Waals surface area contributed by atoms with E-state index in [9.17, 15) is 0 Å². The zero-order valence-electron chi connectivity index (χ0n) is 10.6. The van der Waals surface area contributed by atoms with E-state index < -0.39 is 0 Å². The summed E-state index contributed by atoms with van der Waals surface area (Å²) in [5.41, 5.74) is 2.58. The molecule has 0 N–H and O–H groups in total. The van der Waals surface area contributed by atoms with Gasteiger partial charge < -0.3 is 4.74 Å². The summed E-state index contributed by atoms with van der Waals surface area (Å²) in [6, 6.07) is 8.61. The summed E-state index contributed by atoms with van der Waals surface area (Å²) < 4.78 is 5.41. The molecule has 0 bridgehead atoms. The molecule has 0 amide bonds. The van der Waals surface area contributed by atoms with E-state index in [1.54, 1.807) is 0 Å². The van der Waals surface area contributed by atoms with E-state index in [1.165, 1.54) is 11.1 Å². The van der Waals surface area contributed by atoms with Crippen LogP contribution in [0.15, 0.2) is 24.3 Å². The van der Waals surface area contributed by atoms with Crippen LogP contribution < -0.4 is 0 Å². The predicted octanol–water partition coefficient (Wildman–Crippen LogP) is 2.99. The van der Waals surface area contributed by atoms with E-state index in [2.05, 4.69) is 43.0 Å². The van der Waals surface area contributed by atoms with E-state index in [0.29, 0.717) is 5.88 Å². The molecule has 0 unspecified atom stereocenters. The van der Waals surface area contributed by atoms with Crippen LogP contribution in [-0.4, -0.2) is 31.2 Å². The molecule has 94 valence electrons. The molecule has 0 radical (unpaired) electrons. The van der Waals surface area contributed by atoms with Gasteiger partial charge in [-0.15, -0.1) is 11.6 Å². The summed E-state index contributed by atoms with van der Waals surface area (Å²) in [5.74, 6) is 0.582. The van der Waals surface area contributed by atoms with Crippen molar-refractivity contribution in [2.24, 2.45) is 0 Å². The highest BCUT2D eigenvalue weighted by molar-refractivity contribution is 6.17. The first-order valence-electron chi connectivity index (χ1n) is 6.13. The summed E-state index contributed by atoms with van der Waals surface area (Å²) in [6.07, 6.45) is 0. The third kappa shape index (κ3) is 2.82. The smallest absolute Gasteiger partial charge is 0.0594 e. The summed E-state index contributed by atoms with van der Waals surface area (Å²) in [5, 5.41) is 0. The van der Waals surface area contributed by atoms with Crippen molar-refractivity contribution in [3.63, 3.8) is 0 Å². The van der Waals surface area contributed by atoms with Gasteiger partial charge in [-0.1, -0.05) is 24.3 Å². The fraction of sp³-hybridized carbons (Fsp3) is 0.571. The third-order valence-corrected chi connectivity index (χ3v) is 3.92. The first kappa shape index (κ1) is 12.9. The fourth-order valence-corrected chi connectivity index (χ4v) is 2.48. The second-order valence-corrected chi connectivity index (χ2v) is 5.26. The molecule has 0 aromatic heterocycles. The number of benzene rings is 1. The fourth-order valence-electron chi connectivity index (χ4n) is 2.31. The Bertz CT molecular complexity index is 355. The number of rotatable bonds is 3. The Morgan fingerprint density at radius 3 is 2.29 bits per heavy atom.